The molecule has 2 heterocycles. The molecule has 200 valence electrons. The summed E-state index contributed by atoms with van der Waals surface area (Å²) in [5.41, 5.74) is 3.03. The summed E-state index contributed by atoms with van der Waals surface area (Å²) >= 11 is 0. The fourth-order valence-electron chi connectivity index (χ4n) is 5.44. The van der Waals surface area contributed by atoms with Crippen molar-refractivity contribution >= 4 is 28.8 Å². The number of rotatable bonds is 8. The quantitative estimate of drug-likeness (QED) is 0.325. The molecule has 0 amide bonds. The molecule has 0 bridgehead atoms. The van der Waals surface area contributed by atoms with Crippen LogP contribution in [0.4, 0.5) is 24.8 Å². The molecule has 37 heavy (non-hydrogen) atoms. The van der Waals surface area contributed by atoms with Gasteiger partial charge in [0.2, 0.25) is 5.95 Å². The number of nitrogens with one attached hydrogen (secondary N) is 1. The Morgan fingerprint density at radius 1 is 1.22 bits per heavy atom. The van der Waals surface area contributed by atoms with E-state index in [1.54, 1.807) is 13.1 Å². The molecule has 1 aliphatic rings. The molecular weight excluding hydrogens is 485 g/mol. The number of benzene rings is 1. The molecule has 0 radical (unpaired) electrons. The van der Waals surface area contributed by atoms with E-state index < -0.39 is 6.36 Å². The molecule has 0 spiro atoms. The first-order valence-electron chi connectivity index (χ1n) is 12.6. The second-order valence-corrected chi connectivity index (χ2v) is 10.6. The lowest BCUT2D eigenvalue weighted by molar-refractivity contribution is -0.274. The van der Waals surface area contributed by atoms with Crippen molar-refractivity contribution in [2.45, 2.75) is 72.2 Å². The highest BCUT2D eigenvalue weighted by Crippen LogP contribution is 2.46. The fourth-order valence-corrected chi connectivity index (χ4v) is 5.44. The van der Waals surface area contributed by atoms with Crippen LogP contribution >= 0.6 is 0 Å². The van der Waals surface area contributed by atoms with Crippen molar-refractivity contribution in [3.05, 3.63) is 42.1 Å². The lowest BCUT2D eigenvalue weighted by atomic mass is 9.70. The molecule has 1 saturated carbocycles. The van der Waals surface area contributed by atoms with Crippen molar-refractivity contribution < 1.29 is 27.4 Å². The van der Waals surface area contributed by atoms with Crippen LogP contribution < -0.4 is 10.1 Å². The van der Waals surface area contributed by atoms with Crippen LogP contribution in [0.15, 0.2) is 36.5 Å². The zero-order valence-corrected chi connectivity index (χ0v) is 21.6. The van der Waals surface area contributed by atoms with Crippen LogP contribution in [0.5, 0.6) is 5.75 Å². The number of esters is 1. The second kappa shape index (κ2) is 10.6. The van der Waals surface area contributed by atoms with Crippen LogP contribution in [0.25, 0.3) is 11.2 Å². The molecule has 1 N–H and O–H groups in total. The molecule has 2 atom stereocenters. The molecule has 1 fully saturated rings. The lowest BCUT2D eigenvalue weighted by Crippen LogP contribution is -2.30. The summed E-state index contributed by atoms with van der Waals surface area (Å²) in [4.78, 5) is 21.4. The number of ether oxygens (including phenoxy) is 2. The third kappa shape index (κ3) is 6.93. The number of pyridine rings is 1. The van der Waals surface area contributed by atoms with Gasteiger partial charge in [0.15, 0.2) is 5.65 Å². The highest BCUT2D eigenvalue weighted by atomic mass is 19.4. The molecule has 1 aromatic carbocycles. The van der Waals surface area contributed by atoms with E-state index in [1.807, 2.05) is 6.07 Å². The minimum absolute atomic E-state index is 0.145. The van der Waals surface area contributed by atoms with Gasteiger partial charge >= 0.3 is 12.3 Å². The largest absolute Gasteiger partial charge is 0.573 e. The Kier molecular flexibility index (Phi) is 7.66. The van der Waals surface area contributed by atoms with Crippen LogP contribution in [0, 0.1) is 11.3 Å². The summed E-state index contributed by atoms with van der Waals surface area (Å²) in [7, 11) is 0. The number of fused-ring (bicyclic) bond motifs is 1. The van der Waals surface area contributed by atoms with E-state index in [9.17, 15) is 18.0 Å². The Morgan fingerprint density at radius 2 is 1.95 bits per heavy atom. The Hall–Kier alpha value is -3.30. The lowest BCUT2D eigenvalue weighted by Gasteiger charge is -2.40. The summed E-state index contributed by atoms with van der Waals surface area (Å²) in [6.45, 7) is 8.90. The van der Waals surface area contributed by atoms with Gasteiger partial charge in [-0.1, -0.05) is 20.8 Å². The average Bonchev–Trinajstić information content (AvgIpc) is 3.14. The molecule has 0 saturated heterocycles. The minimum Gasteiger partial charge on any atom is -0.466 e. The van der Waals surface area contributed by atoms with Crippen LogP contribution in [-0.4, -0.2) is 33.5 Å². The minimum atomic E-state index is -4.75. The van der Waals surface area contributed by atoms with E-state index in [0.29, 0.717) is 36.1 Å². The van der Waals surface area contributed by atoms with Gasteiger partial charge in [-0.3, -0.25) is 9.36 Å². The maximum Gasteiger partial charge on any atom is 0.573 e. The monoisotopic (exact) mass is 518 g/mol. The topological polar surface area (TPSA) is 78.3 Å². The van der Waals surface area contributed by atoms with Crippen molar-refractivity contribution in [2.75, 3.05) is 11.9 Å². The first kappa shape index (κ1) is 26.8. The van der Waals surface area contributed by atoms with E-state index in [4.69, 9.17) is 14.7 Å². The Balaban J connectivity index is 1.66. The SMILES string of the molecule is CCOC(=O)CCc1cnc2c(c1)nc(Nc1ccc(OC(F)(F)F)cc1)n2C1C[C@H](C)CC(C)(C)C1. The van der Waals surface area contributed by atoms with Crippen molar-refractivity contribution in [3.63, 3.8) is 0 Å². The van der Waals surface area contributed by atoms with Crippen molar-refractivity contribution in [1.82, 2.24) is 14.5 Å². The number of aromatic nitrogens is 3. The zero-order valence-electron chi connectivity index (χ0n) is 21.6. The predicted molar refractivity (Wildman–Crippen MR) is 135 cm³/mol. The van der Waals surface area contributed by atoms with Crippen molar-refractivity contribution in [2.24, 2.45) is 11.3 Å². The molecule has 2 aromatic heterocycles. The maximum atomic E-state index is 12.5. The van der Waals surface area contributed by atoms with Gasteiger partial charge < -0.3 is 14.8 Å². The number of hydrogen-bond donors (Lipinski definition) is 1. The number of carbonyl (C=O) groups is 1. The van der Waals surface area contributed by atoms with Gasteiger partial charge in [0.05, 0.1) is 6.61 Å². The van der Waals surface area contributed by atoms with Gasteiger partial charge in [-0.2, -0.15) is 0 Å². The summed E-state index contributed by atoms with van der Waals surface area (Å²) < 4.78 is 48.8. The number of carbonyl (C=O) groups excluding carboxylic acids is 1. The Morgan fingerprint density at radius 3 is 2.59 bits per heavy atom. The average molecular weight is 519 g/mol. The Bertz CT molecular complexity index is 1240. The van der Waals surface area contributed by atoms with E-state index in [1.165, 1.54) is 24.3 Å². The highest BCUT2D eigenvalue weighted by molar-refractivity contribution is 5.77. The third-order valence-corrected chi connectivity index (χ3v) is 6.58. The number of halogens is 3. The number of hydrogen-bond acceptors (Lipinski definition) is 6. The van der Waals surface area contributed by atoms with Gasteiger partial charge in [-0.25, -0.2) is 9.97 Å². The van der Waals surface area contributed by atoms with E-state index >= 15 is 0 Å². The zero-order chi connectivity index (χ0) is 26.8. The predicted octanol–water partition coefficient (Wildman–Crippen LogP) is 6.96. The van der Waals surface area contributed by atoms with Gasteiger partial charge in [-0.05, 0) is 79.8 Å². The molecule has 1 unspecified atom stereocenters. The summed E-state index contributed by atoms with van der Waals surface area (Å²) in [6.07, 6.45) is 0.814. The molecule has 3 aromatic rings. The summed E-state index contributed by atoms with van der Waals surface area (Å²) in [6, 6.07) is 7.66. The molecule has 0 aliphatic heterocycles. The first-order chi connectivity index (χ1) is 17.4. The highest BCUT2D eigenvalue weighted by Gasteiger charge is 2.35. The first-order valence-corrected chi connectivity index (χ1v) is 12.6. The number of anilines is 2. The number of aryl methyl sites for hydroxylation is 1. The van der Waals surface area contributed by atoms with Crippen LogP contribution in [0.3, 0.4) is 0 Å². The standard InChI is InChI=1S/C27H33F3N4O3/c1-5-36-23(35)11-6-18-13-22-24(31-16-18)34(20-12-17(2)14-26(3,4)15-20)25(33-22)32-19-7-9-21(10-8-19)37-27(28,29)30/h7-10,13,16-17,20H,5-6,11-12,14-15H2,1-4H3,(H,32,33)/t17-,20?/m0/s1. The number of nitrogens with zero attached hydrogens (tertiary/aromatic N) is 3. The number of imidazole rings is 1. The smallest absolute Gasteiger partial charge is 0.466 e. The molecule has 10 heteroatoms. The van der Waals surface area contributed by atoms with Gasteiger partial charge in [0.25, 0.3) is 0 Å². The van der Waals surface area contributed by atoms with E-state index in [2.05, 4.69) is 35.4 Å². The Labute approximate surface area is 214 Å². The van der Waals surface area contributed by atoms with Gasteiger partial charge in [0.1, 0.15) is 11.3 Å². The van der Waals surface area contributed by atoms with Gasteiger partial charge in [0, 0.05) is 24.3 Å². The van der Waals surface area contributed by atoms with Crippen molar-refractivity contribution in [3.8, 4) is 5.75 Å². The van der Waals surface area contributed by atoms with Crippen LogP contribution in [0.1, 0.15) is 65.0 Å². The normalized spacial score (nSPS) is 19.5. The van der Waals surface area contributed by atoms with E-state index in [-0.39, 0.29) is 29.6 Å². The van der Waals surface area contributed by atoms with E-state index in [0.717, 1.165) is 30.5 Å². The maximum absolute atomic E-state index is 12.5. The molecule has 1 aliphatic carbocycles. The van der Waals surface area contributed by atoms with Crippen LogP contribution in [-0.2, 0) is 16.0 Å². The molecule has 7 nitrogen and oxygen atoms in total. The van der Waals surface area contributed by atoms with Gasteiger partial charge in [-0.15, -0.1) is 13.2 Å². The number of alkyl halides is 3. The third-order valence-electron chi connectivity index (χ3n) is 6.58. The second-order valence-electron chi connectivity index (χ2n) is 10.6. The summed E-state index contributed by atoms with van der Waals surface area (Å²) in [5, 5.41) is 3.28. The fraction of sp³-hybridized carbons (Fsp3) is 0.519. The molecule has 4 rings (SSSR count). The molecular formula is C27H33F3N4O3. The van der Waals surface area contributed by atoms with Crippen molar-refractivity contribution in [1.29, 1.82) is 0 Å². The van der Waals surface area contributed by atoms with Crippen LogP contribution in [0.2, 0.25) is 0 Å². The summed E-state index contributed by atoms with van der Waals surface area (Å²) in [5.74, 6) is 0.542.